The van der Waals surface area contributed by atoms with Gasteiger partial charge in [-0.25, -0.2) is 18.4 Å². The van der Waals surface area contributed by atoms with Gasteiger partial charge in [0.15, 0.2) is 5.65 Å². The summed E-state index contributed by atoms with van der Waals surface area (Å²) in [6.07, 6.45) is 1.55. The summed E-state index contributed by atoms with van der Waals surface area (Å²) >= 11 is 0. The summed E-state index contributed by atoms with van der Waals surface area (Å²) in [5.74, 6) is -0.165. The Labute approximate surface area is 161 Å². The summed E-state index contributed by atoms with van der Waals surface area (Å²) in [4.78, 5) is 17.0. The number of aromatic nitrogens is 3. The average Bonchev–Trinajstić information content (AvgIpc) is 3.30. The van der Waals surface area contributed by atoms with Crippen molar-refractivity contribution in [3.8, 4) is 11.3 Å². The third-order valence-corrected chi connectivity index (χ3v) is 5.23. The average molecular weight is 384 g/mol. The van der Waals surface area contributed by atoms with Crippen LogP contribution in [-0.2, 0) is 11.3 Å². The summed E-state index contributed by atoms with van der Waals surface area (Å²) < 4.78 is 29.0. The maximum Gasteiger partial charge on any atom is 0.264 e. The van der Waals surface area contributed by atoms with Gasteiger partial charge in [0, 0.05) is 17.2 Å². The van der Waals surface area contributed by atoms with E-state index in [1.54, 1.807) is 6.92 Å². The second-order valence-electron chi connectivity index (χ2n) is 7.25. The van der Waals surface area contributed by atoms with Crippen molar-refractivity contribution in [3.63, 3.8) is 0 Å². The quantitative estimate of drug-likeness (QED) is 0.709. The van der Waals surface area contributed by atoms with Gasteiger partial charge in [0.1, 0.15) is 6.54 Å². The molecule has 3 aromatic rings. The highest BCUT2D eigenvalue weighted by Crippen LogP contribution is 2.33. The van der Waals surface area contributed by atoms with E-state index in [1.165, 1.54) is 10.7 Å². The van der Waals surface area contributed by atoms with E-state index in [1.807, 2.05) is 30.3 Å². The van der Waals surface area contributed by atoms with Crippen molar-refractivity contribution >= 4 is 16.9 Å². The van der Waals surface area contributed by atoms with E-state index >= 15 is 0 Å². The van der Waals surface area contributed by atoms with Gasteiger partial charge in [0.05, 0.1) is 16.8 Å². The van der Waals surface area contributed by atoms with Crippen molar-refractivity contribution < 1.29 is 13.6 Å². The zero-order chi connectivity index (χ0) is 19.7. The molecular formula is C21H22F2N4O. The minimum absolute atomic E-state index is 0.0330. The number of hydrogen-bond acceptors (Lipinski definition) is 3. The van der Waals surface area contributed by atoms with E-state index < -0.39 is 6.43 Å². The predicted octanol–water partition coefficient (Wildman–Crippen LogP) is 4.40. The van der Waals surface area contributed by atoms with Crippen LogP contribution in [0.3, 0.4) is 0 Å². The van der Waals surface area contributed by atoms with E-state index in [0.717, 1.165) is 31.2 Å². The molecule has 0 saturated heterocycles. The van der Waals surface area contributed by atoms with Crippen molar-refractivity contribution in [3.05, 3.63) is 47.7 Å². The van der Waals surface area contributed by atoms with Gasteiger partial charge in [-0.05, 0) is 25.8 Å². The maximum absolute atomic E-state index is 13.8. The Bertz CT molecular complexity index is 995. The van der Waals surface area contributed by atoms with E-state index in [0.29, 0.717) is 22.4 Å². The summed E-state index contributed by atoms with van der Waals surface area (Å²) in [5, 5.41) is 7.67. The Morgan fingerprint density at radius 3 is 2.64 bits per heavy atom. The fraction of sp³-hybridized carbons (Fsp3) is 0.381. The van der Waals surface area contributed by atoms with Crippen LogP contribution in [-0.4, -0.2) is 26.7 Å². The molecule has 1 N–H and O–H groups in total. The van der Waals surface area contributed by atoms with Crippen LogP contribution in [0, 0.1) is 6.92 Å². The number of rotatable bonds is 5. The number of nitrogens with zero attached hydrogens (tertiary/aromatic N) is 3. The molecule has 0 spiro atoms. The van der Waals surface area contributed by atoms with Gasteiger partial charge >= 0.3 is 0 Å². The molecule has 2 aromatic heterocycles. The molecule has 0 atom stereocenters. The molecule has 1 saturated carbocycles. The van der Waals surface area contributed by atoms with Gasteiger partial charge in [0.2, 0.25) is 5.91 Å². The third kappa shape index (κ3) is 3.61. The van der Waals surface area contributed by atoms with Crippen LogP contribution in [0.5, 0.6) is 0 Å². The number of alkyl halides is 2. The molecule has 0 bridgehead atoms. The number of aryl methyl sites for hydroxylation is 1. The zero-order valence-corrected chi connectivity index (χ0v) is 15.7. The van der Waals surface area contributed by atoms with Crippen molar-refractivity contribution in [1.29, 1.82) is 0 Å². The predicted molar refractivity (Wildman–Crippen MR) is 103 cm³/mol. The lowest BCUT2D eigenvalue weighted by molar-refractivity contribution is -0.122. The standard InChI is InChI=1S/C21H22F2N4O/c1-13-19-16(20(22)23)11-17(14-7-3-2-4-8-14)25-21(19)27(26-13)12-18(28)24-15-9-5-6-10-15/h2-4,7-8,11,15,20H,5-6,9-10,12H2,1H3,(H,24,28). The van der Waals surface area contributed by atoms with Gasteiger partial charge in [-0.15, -0.1) is 0 Å². The monoisotopic (exact) mass is 384 g/mol. The van der Waals surface area contributed by atoms with Crippen molar-refractivity contribution in [1.82, 2.24) is 20.1 Å². The molecule has 1 fully saturated rings. The van der Waals surface area contributed by atoms with Gasteiger partial charge in [-0.3, -0.25) is 4.79 Å². The second-order valence-corrected chi connectivity index (χ2v) is 7.25. The summed E-state index contributed by atoms with van der Waals surface area (Å²) in [5.41, 5.74) is 1.85. The van der Waals surface area contributed by atoms with Crippen LogP contribution in [0.2, 0.25) is 0 Å². The first-order valence-corrected chi connectivity index (χ1v) is 9.54. The van der Waals surface area contributed by atoms with E-state index in [4.69, 9.17) is 0 Å². The highest BCUT2D eigenvalue weighted by Gasteiger charge is 2.23. The molecule has 7 heteroatoms. The highest BCUT2D eigenvalue weighted by atomic mass is 19.3. The van der Waals surface area contributed by atoms with Gasteiger partial charge < -0.3 is 5.32 Å². The van der Waals surface area contributed by atoms with Crippen molar-refractivity contribution in [2.24, 2.45) is 0 Å². The van der Waals surface area contributed by atoms with E-state index in [9.17, 15) is 13.6 Å². The molecule has 2 heterocycles. The SMILES string of the molecule is Cc1nn(CC(=O)NC2CCCC2)c2nc(-c3ccccc3)cc(C(F)F)c12. The molecule has 1 amide bonds. The Kier molecular flexibility index (Phi) is 5.07. The first kappa shape index (κ1) is 18.5. The topological polar surface area (TPSA) is 59.8 Å². The van der Waals surface area contributed by atoms with E-state index in [-0.39, 0.29) is 24.1 Å². The fourth-order valence-corrected chi connectivity index (χ4v) is 3.91. The smallest absolute Gasteiger partial charge is 0.264 e. The molecule has 0 aliphatic heterocycles. The molecule has 4 rings (SSSR count). The Morgan fingerprint density at radius 1 is 1.25 bits per heavy atom. The van der Waals surface area contributed by atoms with Crippen LogP contribution in [0.1, 0.15) is 43.4 Å². The number of halogens is 2. The maximum atomic E-state index is 13.8. The molecular weight excluding hydrogens is 362 g/mol. The lowest BCUT2D eigenvalue weighted by Gasteiger charge is -2.12. The molecule has 146 valence electrons. The lowest BCUT2D eigenvalue weighted by atomic mass is 10.1. The number of pyridine rings is 1. The Balaban J connectivity index is 1.74. The Morgan fingerprint density at radius 2 is 1.96 bits per heavy atom. The summed E-state index contributed by atoms with van der Waals surface area (Å²) in [7, 11) is 0. The van der Waals surface area contributed by atoms with Gasteiger partial charge in [-0.2, -0.15) is 5.10 Å². The lowest BCUT2D eigenvalue weighted by Crippen LogP contribution is -2.35. The zero-order valence-electron chi connectivity index (χ0n) is 15.7. The van der Waals surface area contributed by atoms with Crippen LogP contribution in [0.4, 0.5) is 8.78 Å². The Hall–Kier alpha value is -2.83. The minimum Gasteiger partial charge on any atom is -0.352 e. The van der Waals surface area contributed by atoms with Crippen LogP contribution < -0.4 is 5.32 Å². The molecule has 5 nitrogen and oxygen atoms in total. The largest absolute Gasteiger partial charge is 0.352 e. The molecule has 0 unspecified atom stereocenters. The fourth-order valence-electron chi connectivity index (χ4n) is 3.91. The molecule has 1 aromatic carbocycles. The van der Waals surface area contributed by atoms with Crippen molar-refractivity contribution in [2.75, 3.05) is 0 Å². The first-order valence-electron chi connectivity index (χ1n) is 9.54. The number of carbonyl (C=O) groups excluding carboxylic acids is 1. The number of benzene rings is 1. The first-order chi connectivity index (χ1) is 13.5. The number of carbonyl (C=O) groups is 1. The molecule has 28 heavy (non-hydrogen) atoms. The summed E-state index contributed by atoms with van der Waals surface area (Å²) in [6, 6.07) is 10.8. The van der Waals surface area contributed by atoms with Crippen LogP contribution >= 0.6 is 0 Å². The number of fused-ring (bicyclic) bond motifs is 1. The molecule has 1 aliphatic rings. The van der Waals surface area contributed by atoms with E-state index in [2.05, 4.69) is 15.4 Å². The number of hydrogen-bond donors (Lipinski definition) is 1. The number of nitrogens with one attached hydrogen (secondary N) is 1. The molecule has 1 aliphatic carbocycles. The van der Waals surface area contributed by atoms with Crippen LogP contribution in [0.15, 0.2) is 36.4 Å². The van der Waals surface area contributed by atoms with Crippen molar-refractivity contribution in [2.45, 2.75) is 51.6 Å². The van der Waals surface area contributed by atoms with Gasteiger partial charge in [-0.1, -0.05) is 43.2 Å². The second kappa shape index (κ2) is 7.66. The summed E-state index contributed by atoms with van der Waals surface area (Å²) in [6.45, 7) is 1.64. The number of amides is 1. The van der Waals surface area contributed by atoms with Crippen LogP contribution in [0.25, 0.3) is 22.3 Å². The molecule has 0 radical (unpaired) electrons. The minimum atomic E-state index is -2.66. The van der Waals surface area contributed by atoms with Gasteiger partial charge in [0.25, 0.3) is 6.43 Å². The normalized spacial score (nSPS) is 14.9. The highest BCUT2D eigenvalue weighted by molar-refractivity contribution is 5.87. The third-order valence-electron chi connectivity index (χ3n) is 5.23.